The summed E-state index contributed by atoms with van der Waals surface area (Å²) in [5, 5.41) is 2.89. The summed E-state index contributed by atoms with van der Waals surface area (Å²) in [6, 6.07) is 8.33. The molecule has 0 aromatic heterocycles. The first-order valence-electron chi connectivity index (χ1n) is 13.1. The number of hydrogen-bond acceptors (Lipinski definition) is 5. The van der Waals surface area contributed by atoms with Crippen LogP contribution in [0.1, 0.15) is 69.9 Å². The molecule has 4 rings (SSSR count). The van der Waals surface area contributed by atoms with Crippen molar-refractivity contribution in [3.8, 4) is 0 Å². The lowest BCUT2D eigenvalue weighted by Gasteiger charge is -2.33. The molecule has 2 aliphatic heterocycles. The predicted molar refractivity (Wildman–Crippen MR) is 146 cm³/mol. The molecular formula is C28H41N3O4S. The van der Waals surface area contributed by atoms with E-state index in [4.69, 9.17) is 9.73 Å². The van der Waals surface area contributed by atoms with E-state index in [-0.39, 0.29) is 17.2 Å². The summed E-state index contributed by atoms with van der Waals surface area (Å²) in [5.41, 5.74) is 3.41. The van der Waals surface area contributed by atoms with Crippen molar-refractivity contribution in [2.45, 2.75) is 82.2 Å². The zero-order valence-electron chi connectivity index (χ0n) is 22.3. The van der Waals surface area contributed by atoms with Crippen LogP contribution < -0.4 is 5.32 Å². The number of benzene rings is 1. The van der Waals surface area contributed by atoms with Gasteiger partial charge in [0.05, 0.1) is 6.04 Å². The Morgan fingerprint density at radius 3 is 2.53 bits per heavy atom. The molecule has 198 valence electrons. The SMILES string of the molecule is CC(C)(C)OC(=O)NCc1cccc(C2CCN(C(=O)C3=NC4CCCC([SH](C)(C)=O)C4=C3)CC2)c1. The second kappa shape index (κ2) is 10.5. The van der Waals surface area contributed by atoms with Gasteiger partial charge in [-0.1, -0.05) is 24.3 Å². The average Bonchev–Trinajstić information content (AvgIpc) is 3.25. The van der Waals surface area contributed by atoms with Crippen LogP contribution in [-0.2, 0) is 26.0 Å². The summed E-state index contributed by atoms with van der Waals surface area (Å²) in [4.78, 5) is 31.9. The summed E-state index contributed by atoms with van der Waals surface area (Å²) < 4.78 is 18.1. The summed E-state index contributed by atoms with van der Waals surface area (Å²) in [6.45, 7) is 7.34. The van der Waals surface area contributed by atoms with E-state index >= 15 is 0 Å². The minimum atomic E-state index is -2.26. The fourth-order valence-electron chi connectivity index (χ4n) is 5.56. The molecule has 2 atom stereocenters. The van der Waals surface area contributed by atoms with E-state index in [2.05, 4.69) is 17.4 Å². The highest BCUT2D eigenvalue weighted by Crippen LogP contribution is 2.36. The first kappa shape index (κ1) is 26.6. The molecule has 1 aromatic carbocycles. The van der Waals surface area contributed by atoms with Crippen molar-refractivity contribution in [1.82, 2.24) is 10.2 Å². The van der Waals surface area contributed by atoms with Crippen LogP contribution >= 0.6 is 0 Å². The van der Waals surface area contributed by atoms with Gasteiger partial charge in [0.2, 0.25) is 0 Å². The first-order valence-corrected chi connectivity index (χ1v) is 15.8. The molecule has 0 spiro atoms. The fraction of sp³-hybridized carbons (Fsp3) is 0.607. The Hall–Kier alpha value is -2.48. The molecule has 3 aliphatic rings. The summed E-state index contributed by atoms with van der Waals surface area (Å²) in [7, 11) is -2.26. The number of nitrogens with one attached hydrogen (secondary N) is 1. The van der Waals surface area contributed by atoms with Gasteiger partial charge in [-0.05, 0) is 94.1 Å². The van der Waals surface area contributed by atoms with Crippen molar-refractivity contribution < 1.29 is 18.5 Å². The largest absolute Gasteiger partial charge is 0.444 e. The van der Waals surface area contributed by atoms with Crippen LogP contribution in [0.25, 0.3) is 0 Å². The zero-order chi connectivity index (χ0) is 26.1. The monoisotopic (exact) mass is 515 g/mol. The number of piperidine rings is 1. The Labute approximate surface area is 216 Å². The Kier molecular flexibility index (Phi) is 7.74. The molecule has 1 aromatic rings. The number of aliphatic imine (C=N–C) groups is 1. The van der Waals surface area contributed by atoms with Gasteiger partial charge in [-0.3, -0.25) is 14.0 Å². The van der Waals surface area contributed by atoms with Crippen LogP contribution in [0.2, 0.25) is 0 Å². The minimum Gasteiger partial charge on any atom is -0.444 e. The number of amides is 2. The number of alkyl carbamates (subject to hydrolysis) is 1. The fourth-order valence-corrected chi connectivity index (χ4v) is 7.33. The van der Waals surface area contributed by atoms with Crippen LogP contribution in [0.15, 0.2) is 40.9 Å². The van der Waals surface area contributed by atoms with E-state index in [1.165, 1.54) is 5.56 Å². The summed E-state index contributed by atoms with van der Waals surface area (Å²) >= 11 is 0. The maximum atomic E-state index is 13.3. The molecule has 0 bridgehead atoms. The molecule has 1 N–H and O–H groups in total. The molecule has 0 radical (unpaired) electrons. The standard InChI is InChI=1S/C28H41N3O4S/c1-28(2,3)35-27(33)29-18-19-8-6-9-21(16-19)20-12-14-31(15-13-20)26(32)24-17-22-23(30-24)10-7-11-25(22)36(4,5)34/h6,8-9,16-17,20,23,25,36H,7,10-15,18H2,1-5H3,(H,29,33). The number of ether oxygens (including phenoxy) is 1. The summed E-state index contributed by atoms with van der Waals surface area (Å²) in [6.07, 6.45) is 9.92. The van der Waals surface area contributed by atoms with Gasteiger partial charge in [0.15, 0.2) is 0 Å². The van der Waals surface area contributed by atoms with Gasteiger partial charge < -0.3 is 15.0 Å². The number of fused-ring (bicyclic) bond motifs is 1. The lowest BCUT2D eigenvalue weighted by molar-refractivity contribution is -0.125. The molecule has 1 aliphatic carbocycles. The van der Waals surface area contributed by atoms with Gasteiger partial charge in [0.25, 0.3) is 5.91 Å². The van der Waals surface area contributed by atoms with Crippen LogP contribution in [0.3, 0.4) is 0 Å². The lowest BCUT2D eigenvalue weighted by atomic mass is 9.88. The third-order valence-corrected chi connectivity index (χ3v) is 9.39. The molecular weight excluding hydrogens is 474 g/mol. The normalized spacial score (nSPS) is 23.4. The van der Waals surface area contributed by atoms with Crippen molar-refractivity contribution in [2.24, 2.45) is 4.99 Å². The van der Waals surface area contributed by atoms with Gasteiger partial charge in [-0.2, -0.15) is 0 Å². The third-order valence-electron chi connectivity index (χ3n) is 7.33. The molecule has 2 heterocycles. The van der Waals surface area contributed by atoms with Gasteiger partial charge in [-0.25, -0.2) is 4.79 Å². The van der Waals surface area contributed by atoms with Gasteiger partial charge in [-0.15, -0.1) is 9.93 Å². The Morgan fingerprint density at radius 1 is 1.14 bits per heavy atom. The third kappa shape index (κ3) is 6.44. The van der Waals surface area contributed by atoms with E-state index in [0.717, 1.165) is 43.2 Å². The van der Waals surface area contributed by atoms with E-state index in [0.29, 0.717) is 31.3 Å². The minimum absolute atomic E-state index is 0.00597. The maximum absolute atomic E-state index is 13.3. The smallest absolute Gasteiger partial charge is 0.407 e. The zero-order valence-corrected chi connectivity index (χ0v) is 23.1. The van der Waals surface area contributed by atoms with Gasteiger partial charge >= 0.3 is 6.09 Å². The quantitative estimate of drug-likeness (QED) is 0.581. The van der Waals surface area contributed by atoms with Crippen LogP contribution in [0.5, 0.6) is 0 Å². The number of carbonyl (C=O) groups excluding carboxylic acids is 2. The molecule has 2 amide bonds. The molecule has 8 heteroatoms. The van der Waals surface area contributed by atoms with Crippen molar-refractivity contribution >= 4 is 27.6 Å². The Morgan fingerprint density at radius 2 is 1.86 bits per heavy atom. The molecule has 1 saturated heterocycles. The number of likely N-dealkylation sites (tertiary alicyclic amines) is 1. The van der Waals surface area contributed by atoms with Crippen molar-refractivity contribution in [1.29, 1.82) is 0 Å². The van der Waals surface area contributed by atoms with Crippen molar-refractivity contribution in [3.63, 3.8) is 0 Å². The van der Waals surface area contributed by atoms with E-state index < -0.39 is 21.6 Å². The molecule has 36 heavy (non-hydrogen) atoms. The molecule has 2 fully saturated rings. The molecule has 1 saturated carbocycles. The average molecular weight is 516 g/mol. The number of thiol groups is 1. The number of rotatable bonds is 5. The number of nitrogens with zero attached hydrogens (tertiary/aromatic N) is 2. The predicted octanol–water partition coefficient (Wildman–Crippen LogP) is 4.00. The van der Waals surface area contributed by atoms with Crippen molar-refractivity contribution in [3.05, 3.63) is 47.0 Å². The van der Waals surface area contributed by atoms with Gasteiger partial charge in [0.1, 0.15) is 11.3 Å². The number of carbonyl (C=O) groups is 2. The number of hydrogen-bond donors (Lipinski definition) is 2. The highest BCUT2D eigenvalue weighted by Gasteiger charge is 2.37. The molecule has 2 unspecified atom stereocenters. The van der Waals surface area contributed by atoms with E-state index in [1.54, 1.807) is 0 Å². The second-order valence-electron chi connectivity index (χ2n) is 11.7. The Bertz CT molecular complexity index is 1110. The highest BCUT2D eigenvalue weighted by molar-refractivity contribution is 8.02. The van der Waals surface area contributed by atoms with E-state index in [1.807, 2.05) is 56.4 Å². The van der Waals surface area contributed by atoms with Crippen molar-refractivity contribution in [2.75, 3.05) is 25.6 Å². The first-order chi connectivity index (χ1) is 16.9. The molecule has 7 nitrogen and oxygen atoms in total. The second-order valence-corrected chi connectivity index (χ2v) is 15.2. The van der Waals surface area contributed by atoms with E-state index in [9.17, 15) is 13.8 Å². The summed E-state index contributed by atoms with van der Waals surface area (Å²) in [5.74, 6) is 0.379. The maximum Gasteiger partial charge on any atom is 0.407 e. The van der Waals surface area contributed by atoms with Crippen LogP contribution in [0, 0.1) is 0 Å². The van der Waals surface area contributed by atoms with Gasteiger partial charge in [0, 0.05) is 24.9 Å². The topological polar surface area (TPSA) is 88.1 Å². The lowest BCUT2D eigenvalue weighted by Crippen LogP contribution is -2.41. The van der Waals surface area contributed by atoms with Crippen LogP contribution in [-0.4, -0.2) is 69.3 Å². The van der Waals surface area contributed by atoms with Crippen LogP contribution in [0.4, 0.5) is 4.79 Å². The Balaban J connectivity index is 1.33. The highest BCUT2D eigenvalue weighted by atomic mass is 32.2.